The molecular formula is C17H28BrN3. The Kier molecular flexibility index (Phi) is 6.08. The predicted molar refractivity (Wildman–Crippen MR) is 95.0 cm³/mol. The topological polar surface area (TPSA) is 18.5 Å². The molecule has 0 spiro atoms. The molecule has 1 heterocycles. The normalized spacial score (nSPS) is 20.3. The van der Waals surface area contributed by atoms with Crippen LogP contribution in [-0.4, -0.2) is 44.2 Å². The number of benzene rings is 1. The lowest BCUT2D eigenvalue weighted by atomic mass is 10.1. The number of hydrogen-bond donors (Lipinski definition) is 1. The van der Waals surface area contributed by atoms with E-state index in [9.17, 15) is 0 Å². The Labute approximate surface area is 137 Å². The summed E-state index contributed by atoms with van der Waals surface area (Å²) in [5.41, 5.74) is 2.66. The fourth-order valence-electron chi connectivity index (χ4n) is 2.65. The number of anilines is 1. The monoisotopic (exact) mass is 353 g/mol. The molecule has 4 heteroatoms. The highest BCUT2D eigenvalue weighted by Gasteiger charge is 2.21. The van der Waals surface area contributed by atoms with Crippen molar-refractivity contribution >= 4 is 21.6 Å². The third kappa shape index (κ3) is 4.70. The van der Waals surface area contributed by atoms with Crippen molar-refractivity contribution in [2.24, 2.45) is 5.92 Å². The summed E-state index contributed by atoms with van der Waals surface area (Å²) in [6.45, 7) is 12.1. The van der Waals surface area contributed by atoms with Gasteiger partial charge in [-0.15, -0.1) is 0 Å². The summed E-state index contributed by atoms with van der Waals surface area (Å²) in [6.07, 6.45) is 0. The molecule has 2 rings (SSSR count). The fraction of sp³-hybridized carbons (Fsp3) is 0.647. The van der Waals surface area contributed by atoms with E-state index in [-0.39, 0.29) is 0 Å². The second-order valence-electron chi connectivity index (χ2n) is 6.58. The number of nitrogens with one attached hydrogen (secondary N) is 1. The lowest BCUT2D eigenvalue weighted by Crippen LogP contribution is -2.50. The smallest absolute Gasteiger partial charge is 0.0378 e. The van der Waals surface area contributed by atoms with Gasteiger partial charge in [0.2, 0.25) is 0 Å². The van der Waals surface area contributed by atoms with Crippen LogP contribution in [0, 0.1) is 5.92 Å². The van der Waals surface area contributed by atoms with Crippen LogP contribution in [-0.2, 0) is 6.54 Å². The first kappa shape index (κ1) is 16.8. The molecule has 0 bridgehead atoms. The van der Waals surface area contributed by atoms with Gasteiger partial charge < -0.3 is 15.1 Å². The largest absolute Gasteiger partial charge is 0.369 e. The molecule has 1 atom stereocenters. The van der Waals surface area contributed by atoms with Gasteiger partial charge in [0, 0.05) is 42.4 Å². The van der Waals surface area contributed by atoms with E-state index < -0.39 is 0 Å². The van der Waals surface area contributed by atoms with Gasteiger partial charge in [-0.1, -0.05) is 35.8 Å². The molecule has 0 aromatic heterocycles. The molecule has 0 saturated carbocycles. The predicted octanol–water partition coefficient (Wildman–Crippen LogP) is 3.34. The van der Waals surface area contributed by atoms with Crippen molar-refractivity contribution in [2.75, 3.05) is 38.1 Å². The van der Waals surface area contributed by atoms with Crippen LogP contribution in [0.3, 0.4) is 0 Å². The average molecular weight is 354 g/mol. The van der Waals surface area contributed by atoms with Gasteiger partial charge in [-0.25, -0.2) is 0 Å². The number of rotatable bonds is 5. The molecule has 1 unspecified atom stereocenters. The van der Waals surface area contributed by atoms with E-state index in [0.717, 1.165) is 32.7 Å². The Morgan fingerprint density at radius 1 is 1.33 bits per heavy atom. The molecule has 0 radical (unpaired) electrons. The SMILES string of the molecule is CC(C)CNCc1ccc(N2CCN(C)C(C)C2)cc1Br. The maximum absolute atomic E-state index is 3.73. The highest BCUT2D eigenvalue weighted by Crippen LogP contribution is 2.26. The van der Waals surface area contributed by atoms with Crippen LogP contribution in [0.4, 0.5) is 5.69 Å². The van der Waals surface area contributed by atoms with E-state index in [4.69, 9.17) is 0 Å². The molecule has 1 aromatic carbocycles. The molecule has 21 heavy (non-hydrogen) atoms. The minimum atomic E-state index is 0.616. The zero-order valence-electron chi connectivity index (χ0n) is 13.7. The number of hydrogen-bond acceptors (Lipinski definition) is 3. The minimum Gasteiger partial charge on any atom is -0.369 e. The van der Waals surface area contributed by atoms with Gasteiger partial charge in [-0.2, -0.15) is 0 Å². The lowest BCUT2D eigenvalue weighted by Gasteiger charge is -2.39. The number of likely N-dealkylation sites (N-methyl/N-ethyl adjacent to an activating group) is 1. The van der Waals surface area contributed by atoms with Crippen LogP contribution < -0.4 is 10.2 Å². The van der Waals surface area contributed by atoms with Crippen molar-refractivity contribution in [3.8, 4) is 0 Å². The summed E-state index contributed by atoms with van der Waals surface area (Å²) in [7, 11) is 2.21. The van der Waals surface area contributed by atoms with E-state index in [1.165, 1.54) is 15.7 Å². The van der Waals surface area contributed by atoms with Crippen molar-refractivity contribution < 1.29 is 0 Å². The molecule has 0 aliphatic carbocycles. The van der Waals surface area contributed by atoms with Gasteiger partial charge in [0.05, 0.1) is 0 Å². The summed E-state index contributed by atoms with van der Waals surface area (Å²) in [4.78, 5) is 4.91. The number of nitrogens with zero attached hydrogens (tertiary/aromatic N) is 2. The first-order chi connectivity index (χ1) is 9.97. The molecule has 1 saturated heterocycles. The first-order valence-corrected chi connectivity index (χ1v) is 8.71. The van der Waals surface area contributed by atoms with Gasteiger partial charge in [0.1, 0.15) is 0 Å². The van der Waals surface area contributed by atoms with Crippen molar-refractivity contribution in [1.29, 1.82) is 0 Å². The van der Waals surface area contributed by atoms with Gasteiger partial charge in [0.25, 0.3) is 0 Å². The summed E-state index contributed by atoms with van der Waals surface area (Å²) in [6, 6.07) is 7.39. The van der Waals surface area contributed by atoms with E-state index in [2.05, 4.69) is 77.1 Å². The Bertz CT molecular complexity index is 461. The van der Waals surface area contributed by atoms with Crippen molar-refractivity contribution in [1.82, 2.24) is 10.2 Å². The summed E-state index contributed by atoms with van der Waals surface area (Å²) in [5.74, 6) is 0.690. The van der Waals surface area contributed by atoms with Crippen LogP contribution in [0.5, 0.6) is 0 Å². The van der Waals surface area contributed by atoms with E-state index in [1.807, 2.05) is 0 Å². The van der Waals surface area contributed by atoms with E-state index >= 15 is 0 Å². The van der Waals surface area contributed by atoms with Crippen LogP contribution in [0.2, 0.25) is 0 Å². The number of halogens is 1. The summed E-state index contributed by atoms with van der Waals surface area (Å²) in [5, 5.41) is 3.50. The van der Waals surface area contributed by atoms with Crippen LogP contribution in [0.25, 0.3) is 0 Å². The second kappa shape index (κ2) is 7.61. The zero-order valence-corrected chi connectivity index (χ0v) is 15.3. The minimum absolute atomic E-state index is 0.616. The van der Waals surface area contributed by atoms with Gasteiger partial charge in [-0.05, 0) is 44.1 Å². The molecule has 1 aromatic rings. The van der Waals surface area contributed by atoms with Crippen molar-refractivity contribution in [2.45, 2.75) is 33.4 Å². The molecular weight excluding hydrogens is 326 g/mol. The number of piperazine rings is 1. The van der Waals surface area contributed by atoms with E-state index in [0.29, 0.717) is 12.0 Å². The van der Waals surface area contributed by atoms with E-state index in [1.54, 1.807) is 0 Å². The molecule has 1 N–H and O–H groups in total. The lowest BCUT2D eigenvalue weighted by molar-refractivity contribution is 0.234. The molecule has 0 amide bonds. The van der Waals surface area contributed by atoms with Crippen LogP contribution in [0.1, 0.15) is 26.3 Å². The average Bonchev–Trinajstić information content (AvgIpc) is 2.43. The van der Waals surface area contributed by atoms with Crippen LogP contribution >= 0.6 is 15.9 Å². The third-order valence-corrected chi connectivity index (χ3v) is 4.97. The summed E-state index contributed by atoms with van der Waals surface area (Å²) < 4.78 is 1.21. The quantitative estimate of drug-likeness (QED) is 0.875. The third-order valence-electron chi connectivity index (χ3n) is 4.23. The summed E-state index contributed by atoms with van der Waals surface area (Å²) >= 11 is 3.73. The standard InChI is InChI=1S/C17H28BrN3/c1-13(2)10-19-11-15-5-6-16(9-17(15)18)21-8-7-20(4)14(3)12-21/h5-6,9,13-14,19H,7-8,10-12H2,1-4H3. The molecule has 1 aliphatic rings. The molecule has 3 nitrogen and oxygen atoms in total. The maximum Gasteiger partial charge on any atom is 0.0378 e. The van der Waals surface area contributed by atoms with Gasteiger partial charge in [-0.3, -0.25) is 0 Å². The Hall–Kier alpha value is -0.580. The Morgan fingerprint density at radius 2 is 2.10 bits per heavy atom. The highest BCUT2D eigenvalue weighted by molar-refractivity contribution is 9.10. The fourth-order valence-corrected chi connectivity index (χ4v) is 3.16. The van der Waals surface area contributed by atoms with Gasteiger partial charge >= 0.3 is 0 Å². The maximum atomic E-state index is 3.73. The van der Waals surface area contributed by atoms with Gasteiger partial charge in [0.15, 0.2) is 0 Å². The highest BCUT2D eigenvalue weighted by atomic mass is 79.9. The van der Waals surface area contributed by atoms with Crippen molar-refractivity contribution in [3.05, 3.63) is 28.2 Å². The molecule has 1 aliphatic heterocycles. The molecule has 118 valence electrons. The zero-order chi connectivity index (χ0) is 15.4. The Morgan fingerprint density at radius 3 is 2.71 bits per heavy atom. The Balaban J connectivity index is 1.98. The van der Waals surface area contributed by atoms with Crippen LogP contribution in [0.15, 0.2) is 22.7 Å². The van der Waals surface area contributed by atoms with Crippen molar-refractivity contribution in [3.63, 3.8) is 0 Å². The first-order valence-electron chi connectivity index (χ1n) is 7.91. The molecule has 1 fully saturated rings. The second-order valence-corrected chi connectivity index (χ2v) is 7.43.